The number of carbonyl (C=O) groups is 1. The zero-order valence-electron chi connectivity index (χ0n) is 12.7. The largest absolute Gasteiger partial charge is 0.573 e. The van der Waals surface area contributed by atoms with E-state index in [9.17, 15) is 26.4 Å². The molecular formula is C15H12F3NO5S. The summed E-state index contributed by atoms with van der Waals surface area (Å²) in [6.45, 7) is 0. The Balaban J connectivity index is 2.31. The van der Waals surface area contributed by atoms with Crippen molar-refractivity contribution in [3.05, 3.63) is 54.1 Å². The average molecular weight is 375 g/mol. The molecule has 25 heavy (non-hydrogen) atoms. The normalized spacial score (nSPS) is 11.7. The van der Waals surface area contributed by atoms with Crippen LogP contribution >= 0.6 is 0 Å². The van der Waals surface area contributed by atoms with E-state index >= 15 is 0 Å². The fraction of sp³-hybridized carbons (Fsp3) is 0.133. The van der Waals surface area contributed by atoms with Gasteiger partial charge in [0.15, 0.2) is 26.2 Å². The van der Waals surface area contributed by atoms with Gasteiger partial charge in [-0.05, 0) is 24.3 Å². The van der Waals surface area contributed by atoms with E-state index in [0.29, 0.717) is 6.26 Å². The summed E-state index contributed by atoms with van der Waals surface area (Å²) < 4.78 is 64.7. The van der Waals surface area contributed by atoms with Crippen molar-refractivity contribution in [2.24, 2.45) is 0 Å². The van der Waals surface area contributed by atoms with Crippen LogP contribution in [0.2, 0.25) is 0 Å². The molecule has 0 unspecified atom stereocenters. The number of nitrogens with one attached hydrogen (secondary N) is 1. The summed E-state index contributed by atoms with van der Waals surface area (Å²) in [6.07, 6.45) is -4.40. The van der Waals surface area contributed by atoms with E-state index in [1.807, 2.05) is 5.48 Å². The molecule has 0 saturated heterocycles. The maximum Gasteiger partial charge on any atom is 0.573 e. The van der Waals surface area contributed by atoms with Crippen molar-refractivity contribution in [2.75, 3.05) is 6.26 Å². The molecule has 0 aliphatic rings. The van der Waals surface area contributed by atoms with Crippen LogP contribution in [0.5, 0.6) is 11.5 Å². The van der Waals surface area contributed by atoms with Crippen LogP contribution in [0.3, 0.4) is 0 Å². The number of rotatable bonds is 5. The third-order valence-corrected chi connectivity index (χ3v) is 3.97. The molecule has 0 radical (unpaired) electrons. The first-order valence-electron chi connectivity index (χ1n) is 6.69. The predicted molar refractivity (Wildman–Crippen MR) is 80.8 cm³/mol. The highest BCUT2D eigenvalue weighted by molar-refractivity contribution is 7.91. The molecule has 0 aliphatic carbocycles. The van der Waals surface area contributed by atoms with E-state index in [4.69, 9.17) is 4.84 Å². The van der Waals surface area contributed by atoms with Crippen LogP contribution < -0.4 is 15.1 Å². The second-order valence-corrected chi connectivity index (χ2v) is 6.76. The van der Waals surface area contributed by atoms with E-state index in [-0.39, 0.29) is 5.56 Å². The van der Waals surface area contributed by atoms with Crippen LogP contribution in [0.25, 0.3) is 0 Å². The predicted octanol–water partition coefficient (Wildman–Crippen LogP) is 2.71. The maximum absolute atomic E-state index is 12.4. The molecule has 134 valence electrons. The number of hydroxylamine groups is 1. The van der Waals surface area contributed by atoms with E-state index in [1.54, 1.807) is 18.2 Å². The molecule has 0 saturated carbocycles. The molecule has 2 aromatic rings. The number of amides is 1. The van der Waals surface area contributed by atoms with Crippen molar-refractivity contribution in [3.63, 3.8) is 0 Å². The number of alkyl halides is 3. The van der Waals surface area contributed by atoms with Gasteiger partial charge in [-0.2, -0.15) is 5.48 Å². The van der Waals surface area contributed by atoms with Gasteiger partial charge in [-0.3, -0.25) is 4.79 Å². The lowest BCUT2D eigenvalue weighted by Gasteiger charge is -2.15. The monoisotopic (exact) mass is 375 g/mol. The minimum Gasteiger partial charge on any atom is -0.404 e. The maximum atomic E-state index is 12.4. The van der Waals surface area contributed by atoms with Crippen molar-refractivity contribution in [3.8, 4) is 11.5 Å². The summed E-state index contributed by atoms with van der Waals surface area (Å²) in [5.74, 6) is -2.17. The van der Waals surface area contributed by atoms with Gasteiger partial charge in [0.05, 0.1) is 0 Å². The molecule has 10 heteroatoms. The van der Waals surface area contributed by atoms with Crippen LogP contribution in [0, 0.1) is 0 Å². The highest BCUT2D eigenvalue weighted by atomic mass is 32.2. The van der Waals surface area contributed by atoms with E-state index in [0.717, 1.165) is 18.2 Å². The fourth-order valence-corrected chi connectivity index (χ4v) is 2.85. The SMILES string of the molecule is CS(=O)(=O)c1c(ONC(=O)c2ccccc2)cccc1OC(F)(F)F. The smallest absolute Gasteiger partial charge is 0.404 e. The van der Waals surface area contributed by atoms with E-state index in [1.165, 1.54) is 12.1 Å². The molecule has 6 nitrogen and oxygen atoms in total. The Morgan fingerprint density at radius 1 is 1.00 bits per heavy atom. The molecule has 1 amide bonds. The molecular weight excluding hydrogens is 363 g/mol. The third kappa shape index (κ3) is 5.11. The van der Waals surface area contributed by atoms with Gasteiger partial charge >= 0.3 is 6.36 Å². The van der Waals surface area contributed by atoms with Crippen molar-refractivity contribution in [1.82, 2.24) is 5.48 Å². The van der Waals surface area contributed by atoms with Gasteiger partial charge in [0.2, 0.25) is 0 Å². The minimum atomic E-state index is -5.09. The first-order chi connectivity index (χ1) is 11.6. The molecule has 0 atom stereocenters. The standard InChI is InChI=1S/C15H12F3NO5S/c1-25(21,22)13-11(23-15(16,17)18)8-5-9-12(13)24-19-14(20)10-6-3-2-4-7-10/h2-9H,1H3,(H,19,20). The van der Waals surface area contributed by atoms with Gasteiger partial charge in [-0.25, -0.2) is 8.42 Å². The number of hydrogen-bond donors (Lipinski definition) is 1. The van der Waals surface area contributed by atoms with Crippen molar-refractivity contribution in [1.29, 1.82) is 0 Å². The Morgan fingerprint density at radius 3 is 2.16 bits per heavy atom. The molecule has 2 rings (SSSR count). The van der Waals surface area contributed by atoms with Crippen LogP contribution in [0.15, 0.2) is 53.4 Å². The Bertz CT molecular complexity index is 866. The lowest BCUT2D eigenvalue weighted by Crippen LogP contribution is -2.28. The number of benzene rings is 2. The highest BCUT2D eigenvalue weighted by Gasteiger charge is 2.34. The fourth-order valence-electron chi connectivity index (χ4n) is 1.90. The zero-order valence-corrected chi connectivity index (χ0v) is 13.5. The number of hydrogen-bond acceptors (Lipinski definition) is 5. The Labute approximate surface area is 141 Å². The second kappa shape index (κ2) is 7.01. The Morgan fingerprint density at radius 2 is 1.60 bits per heavy atom. The lowest BCUT2D eigenvalue weighted by atomic mass is 10.2. The van der Waals surface area contributed by atoms with Crippen molar-refractivity contribution in [2.45, 2.75) is 11.3 Å². The number of ether oxygens (including phenoxy) is 1. The highest BCUT2D eigenvalue weighted by Crippen LogP contribution is 2.36. The van der Waals surface area contributed by atoms with Gasteiger partial charge in [-0.1, -0.05) is 24.3 Å². The first-order valence-corrected chi connectivity index (χ1v) is 8.58. The molecule has 0 aromatic heterocycles. The second-order valence-electron chi connectivity index (χ2n) is 4.80. The zero-order chi connectivity index (χ0) is 18.7. The van der Waals surface area contributed by atoms with Gasteiger partial charge < -0.3 is 9.57 Å². The number of carbonyl (C=O) groups excluding carboxylic acids is 1. The summed E-state index contributed by atoms with van der Waals surface area (Å²) in [7, 11) is -4.15. The summed E-state index contributed by atoms with van der Waals surface area (Å²) in [5.41, 5.74) is 2.19. The van der Waals surface area contributed by atoms with Crippen molar-refractivity contribution < 1.29 is 36.0 Å². The first kappa shape index (κ1) is 18.6. The van der Waals surface area contributed by atoms with Gasteiger partial charge in [0, 0.05) is 11.8 Å². The van der Waals surface area contributed by atoms with Crippen LogP contribution in [-0.4, -0.2) is 26.9 Å². The Kier molecular flexibility index (Phi) is 5.21. The van der Waals surface area contributed by atoms with Crippen LogP contribution in [-0.2, 0) is 9.84 Å². The van der Waals surface area contributed by atoms with Gasteiger partial charge in [-0.15, -0.1) is 13.2 Å². The number of halogens is 3. The minimum absolute atomic E-state index is 0.214. The molecule has 0 heterocycles. The third-order valence-electron chi connectivity index (χ3n) is 2.83. The van der Waals surface area contributed by atoms with Gasteiger partial charge in [0.1, 0.15) is 0 Å². The van der Waals surface area contributed by atoms with Crippen molar-refractivity contribution >= 4 is 15.7 Å². The lowest BCUT2D eigenvalue weighted by molar-refractivity contribution is -0.275. The molecule has 0 fully saturated rings. The quantitative estimate of drug-likeness (QED) is 0.813. The summed E-state index contributed by atoms with van der Waals surface area (Å²) in [5, 5.41) is 0. The summed E-state index contributed by atoms with van der Waals surface area (Å²) >= 11 is 0. The van der Waals surface area contributed by atoms with Crippen LogP contribution in [0.1, 0.15) is 10.4 Å². The summed E-state index contributed by atoms with van der Waals surface area (Å²) in [4.78, 5) is 16.0. The summed E-state index contributed by atoms with van der Waals surface area (Å²) in [6, 6.07) is 10.8. The van der Waals surface area contributed by atoms with Gasteiger partial charge in [0.25, 0.3) is 5.91 Å². The molecule has 1 N–H and O–H groups in total. The van der Waals surface area contributed by atoms with E-state index < -0.39 is 38.5 Å². The number of sulfone groups is 1. The Hall–Kier alpha value is -2.75. The van der Waals surface area contributed by atoms with Crippen LogP contribution in [0.4, 0.5) is 13.2 Å². The topological polar surface area (TPSA) is 81.7 Å². The average Bonchev–Trinajstić information content (AvgIpc) is 2.50. The molecule has 0 bridgehead atoms. The molecule has 0 spiro atoms. The molecule has 0 aliphatic heterocycles. The molecule has 2 aromatic carbocycles. The van der Waals surface area contributed by atoms with E-state index in [2.05, 4.69) is 4.74 Å².